The van der Waals surface area contributed by atoms with Crippen LogP contribution in [0.15, 0.2) is 16.6 Å². The normalized spacial score (nSPS) is 17.2. The molecule has 1 aromatic carbocycles. The van der Waals surface area contributed by atoms with Crippen LogP contribution in [0.1, 0.15) is 31.2 Å². The molecule has 0 aliphatic heterocycles. The maximum Gasteiger partial charge on any atom is 0.137 e. The second kappa shape index (κ2) is 4.72. The van der Waals surface area contributed by atoms with Gasteiger partial charge in [-0.2, -0.15) is 0 Å². The molecule has 1 fully saturated rings. The van der Waals surface area contributed by atoms with Crippen LogP contribution >= 0.6 is 15.9 Å². The van der Waals surface area contributed by atoms with E-state index in [2.05, 4.69) is 15.9 Å². The Balaban J connectivity index is 2.36. The topological polar surface area (TPSA) is 29.5 Å². The smallest absolute Gasteiger partial charge is 0.137 e. The number of ether oxygens (including phenoxy) is 1. The minimum Gasteiger partial charge on any atom is -0.489 e. The molecule has 0 bridgehead atoms. The van der Waals surface area contributed by atoms with Crippen LogP contribution in [0.3, 0.4) is 0 Å². The molecule has 0 heterocycles. The molecule has 1 N–H and O–H groups in total. The monoisotopic (exact) mass is 288 g/mol. The first-order valence-electron chi connectivity index (χ1n) is 5.38. The fourth-order valence-electron chi connectivity index (χ4n) is 1.52. The molecule has 0 radical (unpaired) electrons. The predicted molar refractivity (Wildman–Crippen MR) is 63.3 cm³/mol. The number of aliphatic hydroxyl groups excluding tert-OH is 1. The van der Waals surface area contributed by atoms with E-state index < -0.39 is 0 Å². The van der Waals surface area contributed by atoms with Crippen LogP contribution in [-0.2, 0) is 0 Å². The number of hydrogen-bond donors (Lipinski definition) is 1. The average molecular weight is 289 g/mol. The lowest BCUT2D eigenvalue weighted by Crippen LogP contribution is -2.06. The Labute approximate surface area is 103 Å². The van der Waals surface area contributed by atoms with Crippen molar-refractivity contribution in [3.63, 3.8) is 0 Å². The van der Waals surface area contributed by atoms with Gasteiger partial charge < -0.3 is 9.84 Å². The van der Waals surface area contributed by atoms with E-state index in [9.17, 15) is 4.39 Å². The molecule has 2 nitrogen and oxygen atoms in total. The molecule has 4 heteroatoms. The summed E-state index contributed by atoms with van der Waals surface area (Å²) >= 11 is 3.31. The molecule has 88 valence electrons. The van der Waals surface area contributed by atoms with Crippen molar-refractivity contribution in [2.75, 3.05) is 6.61 Å². The van der Waals surface area contributed by atoms with Gasteiger partial charge in [0, 0.05) is 18.1 Å². The minimum atomic E-state index is -0.315. The number of halogens is 2. The molecule has 2 rings (SSSR count). The van der Waals surface area contributed by atoms with Gasteiger partial charge in [-0.25, -0.2) is 4.39 Å². The number of aliphatic hydroxyl groups is 1. The van der Waals surface area contributed by atoms with E-state index >= 15 is 0 Å². The third-order valence-electron chi connectivity index (χ3n) is 2.65. The van der Waals surface area contributed by atoms with Crippen LogP contribution in [0, 0.1) is 5.82 Å². The summed E-state index contributed by atoms with van der Waals surface area (Å²) in [5.41, 5.74) is 0.723. The van der Waals surface area contributed by atoms with Crippen LogP contribution in [0.2, 0.25) is 0 Å². The van der Waals surface area contributed by atoms with Gasteiger partial charge in [0.15, 0.2) is 0 Å². The van der Waals surface area contributed by atoms with Gasteiger partial charge in [-0.15, -0.1) is 0 Å². The number of hydrogen-bond acceptors (Lipinski definition) is 2. The summed E-state index contributed by atoms with van der Waals surface area (Å²) in [5.74, 6) is 0.233. The van der Waals surface area contributed by atoms with E-state index in [0.29, 0.717) is 10.2 Å². The lowest BCUT2D eigenvalue weighted by Gasteiger charge is -2.16. The zero-order valence-corrected chi connectivity index (χ0v) is 10.6. The summed E-state index contributed by atoms with van der Waals surface area (Å²) in [5, 5.41) is 9.15. The van der Waals surface area contributed by atoms with Crippen molar-refractivity contribution in [2.24, 2.45) is 0 Å². The van der Waals surface area contributed by atoms with Crippen LogP contribution in [-0.4, -0.2) is 17.8 Å². The van der Waals surface area contributed by atoms with E-state index in [-0.39, 0.29) is 24.4 Å². The predicted octanol–water partition coefficient (Wildman–Crippen LogP) is 3.23. The van der Waals surface area contributed by atoms with Crippen LogP contribution in [0.5, 0.6) is 5.75 Å². The van der Waals surface area contributed by atoms with Gasteiger partial charge in [0.05, 0.1) is 10.6 Å². The quantitative estimate of drug-likeness (QED) is 0.922. The first-order chi connectivity index (χ1) is 7.61. The molecule has 0 amide bonds. The third-order valence-corrected chi connectivity index (χ3v) is 3.24. The Kier molecular flexibility index (Phi) is 3.50. The Bertz CT molecular complexity index is 391. The molecule has 0 spiro atoms. The second-order valence-corrected chi connectivity index (χ2v) is 5.06. The summed E-state index contributed by atoms with van der Waals surface area (Å²) in [6.45, 7) is 1.83. The highest BCUT2D eigenvalue weighted by molar-refractivity contribution is 9.10. The fraction of sp³-hybridized carbons (Fsp3) is 0.500. The molecule has 0 aromatic heterocycles. The zero-order valence-electron chi connectivity index (χ0n) is 9.04. The van der Waals surface area contributed by atoms with Crippen molar-refractivity contribution in [3.8, 4) is 5.75 Å². The van der Waals surface area contributed by atoms with Crippen molar-refractivity contribution in [1.29, 1.82) is 0 Å². The molecule has 1 atom stereocenters. The number of rotatable bonds is 4. The van der Waals surface area contributed by atoms with E-state index in [4.69, 9.17) is 9.84 Å². The molecule has 16 heavy (non-hydrogen) atoms. The van der Waals surface area contributed by atoms with E-state index in [1.165, 1.54) is 12.1 Å². The molecule has 1 aliphatic carbocycles. The Morgan fingerprint density at radius 1 is 1.56 bits per heavy atom. The highest BCUT2D eigenvalue weighted by Crippen LogP contribution is 2.38. The van der Waals surface area contributed by atoms with Crippen LogP contribution in [0.25, 0.3) is 0 Å². The average Bonchev–Trinajstić information content (AvgIpc) is 3.04. The first-order valence-corrected chi connectivity index (χ1v) is 6.17. The van der Waals surface area contributed by atoms with E-state index in [1.54, 1.807) is 0 Å². The van der Waals surface area contributed by atoms with Gasteiger partial charge in [-0.3, -0.25) is 0 Å². The lowest BCUT2D eigenvalue weighted by atomic mass is 10.0. The Hall–Kier alpha value is -0.610. The lowest BCUT2D eigenvalue weighted by molar-refractivity contribution is 0.260. The third kappa shape index (κ3) is 2.55. The van der Waals surface area contributed by atoms with Crippen LogP contribution < -0.4 is 4.74 Å². The summed E-state index contributed by atoms with van der Waals surface area (Å²) in [7, 11) is 0. The molecule has 0 saturated heterocycles. The highest BCUT2D eigenvalue weighted by atomic mass is 79.9. The molecular formula is C12H14BrFO2. The van der Waals surface area contributed by atoms with Gasteiger partial charge >= 0.3 is 0 Å². The van der Waals surface area contributed by atoms with E-state index in [0.717, 1.165) is 18.4 Å². The molecule has 1 aromatic rings. The first kappa shape index (κ1) is 11.9. The molecule has 1 saturated carbocycles. The van der Waals surface area contributed by atoms with Gasteiger partial charge in [0.1, 0.15) is 11.6 Å². The summed E-state index contributed by atoms with van der Waals surface area (Å²) in [6.07, 6.45) is 2.36. The summed E-state index contributed by atoms with van der Waals surface area (Å²) in [4.78, 5) is 0. The maximum absolute atomic E-state index is 13.3. The zero-order chi connectivity index (χ0) is 11.7. The number of benzene rings is 1. The Morgan fingerprint density at radius 3 is 2.81 bits per heavy atom. The largest absolute Gasteiger partial charge is 0.489 e. The maximum atomic E-state index is 13.3. The van der Waals surface area contributed by atoms with Gasteiger partial charge in [-0.1, -0.05) is 6.92 Å². The van der Waals surface area contributed by atoms with Crippen molar-refractivity contribution in [3.05, 3.63) is 28.0 Å². The van der Waals surface area contributed by atoms with Crippen LogP contribution in [0.4, 0.5) is 4.39 Å². The minimum absolute atomic E-state index is 0.0169. The van der Waals surface area contributed by atoms with Crippen molar-refractivity contribution in [2.45, 2.75) is 31.8 Å². The van der Waals surface area contributed by atoms with Gasteiger partial charge in [-0.05, 0) is 40.9 Å². The van der Waals surface area contributed by atoms with Gasteiger partial charge in [0.2, 0.25) is 0 Å². The van der Waals surface area contributed by atoms with Crippen molar-refractivity contribution >= 4 is 15.9 Å². The van der Waals surface area contributed by atoms with E-state index in [1.807, 2.05) is 6.92 Å². The second-order valence-electron chi connectivity index (χ2n) is 4.21. The molecule has 1 unspecified atom stereocenters. The Morgan fingerprint density at radius 2 is 2.25 bits per heavy atom. The van der Waals surface area contributed by atoms with Gasteiger partial charge in [0.25, 0.3) is 0 Å². The summed E-state index contributed by atoms with van der Waals surface area (Å²) < 4.78 is 19.7. The highest BCUT2D eigenvalue weighted by Gasteiger charge is 2.27. The molecule has 1 aliphatic rings. The SMILES string of the molecule is CC(CO)c1cc(F)cc(Br)c1OC1CC1. The standard InChI is InChI=1S/C12H14BrFO2/c1-7(6-15)10-4-8(14)5-11(13)12(10)16-9-2-3-9/h4-5,7,9,15H,2-3,6H2,1H3. The molecular weight excluding hydrogens is 275 g/mol. The van der Waals surface area contributed by atoms with Crippen molar-refractivity contribution in [1.82, 2.24) is 0 Å². The fourth-order valence-corrected chi connectivity index (χ4v) is 2.06. The van der Waals surface area contributed by atoms with Crippen molar-refractivity contribution < 1.29 is 14.2 Å². The summed E-state index contributed by atoms with van der Waals surface area (Å²) in [6, 6.07) is 2.83.